The molecule has 1 aliphatic rings. The summed E-state index contributed by atoms with van der Waals surface area (Å²) in [5, 5.41) is 11.4. The van der Waals surface area contributed by atoms with Crippen molar-refractivity contribution < 1.29 is 4.92 Å². The van der Waals surface area contributed by atoms with Crippen molar-refractivity contribution in [2.24, 2.45) is 0 Å². The molecule has 2 heterocycles. The van der Waals surface area contributed by atoms with Gasteiger partial charge in [0.1, 0.15) is 5.69 Å². The fourth-order valence-corrected chi connectivity index (χ4v) is 2.73. The van der Waals surface area contributed by atoms with Gasteiger partial charge in [-0.1, -0.05) is 18.2 Å². The van der Waals surface area contributed by atoms with E-state index in [0.717, 1.165) is 24.1 Å². The topological polar surface area (TPSA) is 98.2 Å². The van der Waals surface area contributed by atoms with Crippen LogP contribution >= 0.6 is 0 Å². The lowest BCUT2D eigenvalue weighted by Gasteiger charge is -2.30. The van der Waals surface area contributed by atoms with Crippen molar-refractivity contribution in [1.29, 1.82) is 0 Å². The van der Waals surface area contributed by atoms with E-state index in [4.69, 9.17) is 5.73 Å². The Morgan fingerprint density at radius 2 is 2.10 bits per heavy atom. The monoisotopic (exact) mass is 285 g/mol. The first-order valence-corrected chi connectivity index (χ1v) is 6.72. The first kappa shape index (κ1) is 13.3. The van der Waals surface area contributed by atoms with Gasteiger partial charge in [0.05, 0.1) is 4.92 Å². The van der Waals surface area contributed by atoms with Gasteiger partial charge in [0.2, 0.25) is 11.8 Å². The molecule has 21 heavy (non-hydrogen) atoms. The van der Waals surface area contributed by atoms with E-state index in [9.17, 15) is 10.1 Å². The van der Waals surface area contributed by atoms with Crippen molar-refractivity contribution in [3.05, 3.63) is 45.6 Å². The molecule has 1 aliphatic heterocycles. The Morgan fingerprint density at radius 1 is 1.33 bits per heavy atom. The zero-order chi connectivity index (χ0) is 15.0. The lowest BCUT2D eigenvalue weighted by molar-refractivity contribution is -0.385. The Morgan fingerprint density at radius 3 is 2.86 bits per heavy atom. The van der Waals surface area contributed by atoms with Crippen LogP contribution in [0.4, 0.5) is 23.1 Å². The molecular formula is C14H15N5O2. The number of nitrogen functional groups attached to an aromatic ring is 1. The highest BCUT2D eigenvalue weighted by Gasteiger charge is 2.29. The second kappa shape index (κ2) is 5.01. The van der Waals surface area contributed by atoms with Gasteiger partial charge in [-0.3, -0.25) is 10.1 Å². The molecule has 2 aromatic rings. The second-order valence-electron chi connectivity index (χ2n) is 4.98. The van der Waals surface area contributed by atoms with E-state index in [1.54, 1.807) is 6.92 Å². The van der Waals surface area contributed by atoms with Crippen LogP contribution in [-0.2, 0) is 6.42 Å². The summed E-state index contributed by atoms with van der Waals surface area (Å²) in [5.41, 5.74) is 7.99. The van der Waals surface area contributed by atoms with Crippen molar-refractivity contribution in [3.63, 3.8) is 0 Å². The van der Waals surface area contributed by atoms with E-state index >= 15 is 0 Å². The van der Waals surface area contributed by atoms with Gasteiger partial charge in [0, 0.05) is 12.2 Å². The van der Waals surface area contributed by atoms with Crippen LogP contribution in [0.25, 0.3) is 0 Å². The van der Waals surface area contributed by atoms with Crippen LogP contribution < -0.4 is 10.6 Å². The van der Waals surface area contributed by atoms with Gasteiger partial charge in [-0.25, -0.2) is 4.98 Å². The number of anilines is 3. The third kappa shape index (κ3) is 2.26. The smallest absolute Gasteiger partial charge is 0.333 e. The molecule has 0 aliphatic carbocycles. The minimum absolute atomic E-state index is 0.0520. The van der Waals surface area contributed by atoms with E-state index in [0.29, 0.717) is 6.54 Å². The van der Waals surface area contributed by atoms with Gasteiger partial charge in [0.25, 0.3) is 0 Å². The SMILES string of the molecule is Cc1nc(N)nc(N2CCCc3ccccc32)c1[N+](=O)[O-]. The standard InChI is InChI=1S/C14H15N5O2/c1-9-12(19(20)21)13(17-14(15)16-9)18-8-4-6-10-5-2-3-7-11(10)18/h2-3,5,7H,4,6,8H2,1H3,(H2,15,16,17). The average molecular weight is 285 g/mol. The average Bonchev–Trinajstić information content (AvgIpc) is 2.45. The molecule has 7 nitrogen and oxygen atoms in total. The van der Waals surface area contributed by atoms with Crippen LogP contribution in [0.1, 0.15) is 17.7 Å². The maximum Gasteiger partial charge on any atom is 0.333 e. The third-order valence-corrected chi connectivity index (χ3v) is 3.61. The fourth-order valence-electron chi connectivity index (χ4n) is 2.73. The number of hydrogen-bond donors (Lipinski definition) is 1. The number of para-hydroxylation sites is 1. The summed E-state index contributed by atoms with van der Waals surface area (Å²) < 4.78 is 0. The molecule has 0 atom stereocenters. The Hall–Kier alpha value is -2.70. The van der Waals surface area contributed by atoms with Crippen LogP contribution in [0.5, 0.6) is 0 Å². The van der Waals surface area contributed by atoms with Gasteiger partial charge >= 0.3 is 5.69 Å². The lowest BCUT2D eigenvalue weighted by atomic mass is 10.0. The quantitative estimate of drug-likeness (QED) is 0.671. The van der Waals surface area contributed by atoms with Crippen LogP contribution in [0, 0.1) is 17.0 Å². The number of rotatable bonds is 2. The van der Waals surface area contributed by atoms with Gasteiger partial charge < -0.3 is 10.6 Å². The van der Waals surface area contributed by atoms with Crippen molar-refractivity contribution in [3.8, 4) is 0 Å². The molecule has 0 radical (unpaired) electrons. The summed E-state index contributed by atoms with van der Waals surface area (Å²) >= 11 is 0. The number of benzene rings is 1. The molecule has 2 N–H and O–H groups in total. The predicted octanol–water partition coefficient (Wildman–Crippen LogP) is 2.36. The Balaban J connectivity index is 2.20. The zero-order valence-corrected chi connectivity index (χ0v) is 11.6. The van der Waals surface area contributed by atoms with Crippen LogP contribution in [-0.4, -0.2) is 21.4 Å². The summed E-state index contributed by atoms with van der Waals surface area (Å²) in [5.74, 6) is 0.327. The summed E-state index contributed by atoms with van der Waals surface area (Å²) in [6.45, 7) is 2.25. The lowest BCUT2D eigenvalue weighted by Crippen LogP contribution is -2.26. The maximum absolute atomic E-state index is 11.4. The minimum atomic E-state index is -0.443. The highest BCUT2D eigenvalue weighted by atomic mass is 16.6. The van der Waals surface area contributed by atoms with Gasteiger partial charge in [0.15, 0.2) is 0 Å². The van der Waals surface area contributed by atoms with Crippen LogP contribution in [0.3, 0.4) is 0 Å². The van der Waals surface area contributed by atoms with Gasteiger partial charge in [-0.2, -0.15) is 4.98 Å². The Labute approximate surface area is 121 Å². The molecule has 7 heteroatoms. The molecular weight excluding hydrogens is 270 g/mol. The minimum Gasteiger partial charge on any atom is -0.368 e. The van der Waals surface area contributed by atoms with Crippen LogP contribution in [0.15, 0.2) is 24.3 Å². The van der Waals surface area contributed by atoms with E-state index in [2.05, 4.69) is 9.97 Å². The summed E-state index contributed by atoms with van der Waals surface area (Å²) in [6.07, 6.45) is 1.87. The largest absolute Gasteiger partial charge is 0.368 e. The molecule has 0 fully saturated rings. The molecule has 0 bridgehead atoms. The highest BCUT2D eigenvalue weighted by Crippen LogP contribution is 2.38. The number of nitro groups is 1. The number of nitrogens with zero attached hydrogens (tertiary/aromatic N) is 4. The van der Waals surface area contributed by atoms with E-state index in [-0.39, 0.29) is 23.1 Å². The van der Waals surface area contributed by atoms with Crippen LogP contribution in [0.2, 0.25) is 0 Å². The number of fused-ring (bicyclic) bond motifs is 1. The molecule has 108 valence electrons. The Kier molecular flexibility index (Phi) is 3.17. The molecule has 0 saturated carbocycles. The summed E-state index contributed by atoms with van der Waals surface area (Å²) in [7, 11) is 0. The van der Waals surface area contributed by atoms with E-state index in [1.807, 2.05) is 29.2 Å². The maximum atomic E-state index is 11.4. The molecule has 0 unspecified atom stereocenters. The predicted molar refractivity (Wildman–Crippen MR) is 79.6 cm³/mol. The third-order valence-electron chi connectivity index (χ3n) is 3.61. The molecule has 1 aromatic heterocycles. The van der Waals surface area contributed by atoms with Crippen molar-refractivity contribution in [1.82, 2.24) is 9.97 Å². The second-order valence-corrected chi connectivity index (χ2v) is 4.98. The Bertz CT molecular complexity index is 717. The molecule has 1 aromatic carbocycles. The molecule has 0 amide bonds. The van der Waals surface area contributed by atoms with Crippen molar-refractivity contribution >= 4 is 23.1 Å². The number of nitrogens with two attached hydrogens (primary N) is 1. The van der Waals surface area contributed by atoms with Gasteiger partial charge in [-0.15, -0.1) is 0 Å². The van der Waals surface area contributed by atoms with Crippen molar-refractivity contribution in [2.45, 2.75) is 19.8 Å². The fraction of sp³-hybridized carbons (Fsp3) is 0.286. The van der Waals surface area contributed by atoms with Crippen molar-refractivity contribution in [2.75, 3.05) is 17.2 Å². The summed E-state index contributed by atoms with van der Waals surface area (Å²) in [4.78, 5) is 20.8. The first-order chi connectivity index (χ1) is 10.1. The number of hydrogen-bond acceptors (Lipinski definition) is 6. The number of aryl methyl sites for hydroxylation is 2. The zero-order valence-electron chi connectivity index (χ0n) is 11.6. The molecule has 0 spiro atoms. The molecule has 3 rings (SSSR count). The normalized spacial score (nSPS) is 13.9. The molecule has 0 saturated heterocycles. The van der Waals surface area contributed by atoms with E-state index < -0.39 is 4.92 Å². The van der Waals surface area contributed by atoms with Gasteiger partial charge in [-0.05, 0) is 31.4 Å². The van der Waals surface area contributed by atoms with E-state index in [1.165, 1.54) is 0 Å². The summed E-state index contributed by atoms with van der Waals surface area (Å²) in [6, 6.07) is 7.87. The highest BCUT2D eigenvalue weighted by molar-refractivity contribution is 5.73. The first-order valence-electron chi connectivity index (χ1n) is 6.72. The number of aromatic nitrogens is 2.